The number of carbonyl (C=O) groups excluding carboxylic acids is 2. The molecule has 2 aliphatic heterocycles. The van der Waals surface area contributed by atoms with Gasteiger partial charge < -0.3 is 9.64 Å². The van der Waals surface area contributed by atoms with Crippen molar-refractivity contribution >= 4 is 11.9 Å². The van der Waals surface area contributed by atoms with E-state index in [1.165, 1.54) is 0 Å². The van der Waals surface area contributed by atoms with Crippen LogP contribution in [0.3, 0.4) is 0 Å². The van der Waals surface area contributed by atoms with Gasteiger partial charge in [0.25, 0.3) is 0 Å². The Bertz CT molecular complexity index is 678. The van der Waals surface area contributed by atoms with E-state index >= 15 is 0 Å². The van der Waals surface area contributed by atoms with E-state index in [0.717, 1.165) is 57.3 Å². The molecular weight excluding hydrogens is 340 g/mol. The molecule has 1 saturated carbocycles. The lowest BCUT2D eigenvalue weighted by Crippen LogP contribution is -2.55. The number of amides is 1. The van der Waals surface area contributed by atoms with Crippen molar-refractivity contribution in [2.75, 3.05) is 32.8 Å². The second kappa shape index (κ2) is 7.63. The molecule has 3 aliphatic rings. The molecule has 3 fully saturated rings. The molecule has 0 radical (unpaired) electrons. The van der Waals surface area contributed by atoms with Gasteiger partial charge in [-0.25, -0.2) is 0 Å². The van der Waals surface area contributed by atoms with Crippen LogP contribution in [0.4, 0.5) is 0 Å². The molecule has 4 rings (SSSR count). The number of nitrogens with zero attached hydrogens (tertiary/aromatic N) is 2. The lowest BCUT2D eigenvalue weighted by Gasteiger charge is -2.50. The Morgan fingerprint density at radius 2 is 1.89 bits per heavy atom. The van der Waals surface area contributed by atoms with E-state index in [2.05, 4.69) is 21.9 Å². The maximum atomic E-state index is 13.2. The third-order valence-corrected chi connectivity index (χ3v) is 6.49. The average molecular weight is 370 g/mol. The second-order valence-corrected chi connectivity index (χ2v) is 8.45. The normalized spacial score (nSPS) is 25.6. The van der Waals surface area contributed by atoms with E-state index in [4.69, 9.17) is 4.74 Å². The van der Waals surface area contributed by atoms with Crippen LogP contribution in [-0.2, 0) is 14.3 Å². The number of hydrogen-bond donors (Lipinski definition) is 0. The maximum absolute atomic E-state index is 13.2. The van der Waals surface area contributed by atoms with Gasteiger partial charge in [-0.3, -0.25) is 14.5 Å². The van der Waals surface area contributed by atoms with Crippen LogP contribution < -0.4 is 0 Å². The van der Waals surface area contributed by atoms with Gasteiger partial charge in [0.15, 0.2) is 0 Å². The average Bonchev–Trinajstić information content (AvgIpc) is 3.52. The molecule has 0 unspecified atom stereocenters. The van der Waals surface area contributed by atoms with Gasteiger partial charge >= 0.3 is 5.97 Å². The molecular formula is C22H30N2O3. The minimum Gasteiger partial charge on any atom is -0.465 e. The summed E-state index contributed by atoms with van der Waals surface area (Å²) in [5.41, 5.74) is 1.34. The van der Waals surface area contributed by atoms with Gasteiger partial charge in [-0.05, 0) is 63.1 Å². The summed E-state index contributed by atoms with van der Waals surface area (Å²) in [6, 6.07) is 10.7. The van der Waals surface area contributed by atoms with E-state index in [-0.39, 0.29) is 17.3 Å². The van der Waals surface area contributed by atoms with Gasteiger partial charge in [0.05, 0.1) is 19.1 Å². The third kappa shape index (κ3) is 4.03. The van der Waals surface area contributed by atoms with Crippen LogP contribution in [0.1, 0.15) is 50.5 Å². The smallest absolute Gasteiger partial charge is 0.320 e. The number of rotatable bonds is 5. The third-order valence-electron chi connectivity index (χ3n) is 6.49. The summed E-state index contributed by atoms with van der Waals surface area (Å²) >= 11 is 0. The van der Waals surface area contributed by atoms with Crippen LogP contribution in [0.25, 0.3) is 0 Å². The number of esters is 1. The highest BCUT2D eigenvalue weighted by atomic mass is 16.5. The molecule has 2 saturated heterocycles. The first-order chi connectivity index (χ1) is 13.1. The summed E-state index contributed by atoms with van der Waals surface area (Å²) in [5, 5.41) is 0. The highest BCUT2D eigenvalue weighted by Crippen LogP contribution is 2.48. The Morgan fingerprint density at radius 3 is 2.52 bits per heavy atom. The second-order valence-electron chi connectivity index (χ2n) is 8.45. The zero-order valence-electron chi connectivity index (χ0n) is 16.2. The number of ether oxygens (including phenoxy) is 1. The first kappa shape index (κ1) is 18.5. The van der Waals surface area contributed by atoms with Crippen molar-refractivity contribution in [3.63, 3.8) is 0 Å². The van der Waals surface area contributed by atoms with Crippen molar-refractivity contribution in [2.24, 2.45) is 5.41 Å². The molecule has 0 aromatic heterocycles. The Balaban J connectivity index is 1.47. The van der Waals surface area contributed by atoms with Crippen molar-refractivity contribution < 1.29 is 14.3 Å². The number of benzene rings is 1. The Labute approximate surface area is 161 Å². The van der Waals surface area contributed by atoms with E-state index in [0.29, 0.717) is 25.1 Å². The molecule has 1 amide bonds. The maximum Gasteiger partial charge on any atom is 0.320 e. The first-order valence-electron chi connectivity index (χ1n) is 10.3. The standard InChI is InChI=1S/C22H30N2O3/c1-2-27-20(25)15-23-12-10-22(11-13-23)14-19(17-6-4-3-5-7-17)21(26)24(16-22)18-8-9-18/h3-7,18-19H,2,8-16H2,1H3/t19-/m1/s1. The summed E-state index contributed by atoms with van der Waals surface area (Å²) in [7, 11) is 0. The Morgan fingerprint density at radius 1 is 1.19 bits per heavy atom. The van der Waals surface area contributed by atoms with Crippen molar-refractivity contribution in [1.29, 1.82) is 0 Å². The van der Waals surface area contributed by atoms with Gasteiger partial charge in [0, 0.05) is 12.6 Å². The number of carbonyl (C=O) groups is 2. The summed E-state index contributed by atoms with van der Waals surface area (Å²) < 4.78 is 5.09. The fourth-order valence-electron chi connectivity index (χ4n) is 4.80. The predicted octanol–water partition coefficient (Wildman–Crippen LogP) is 2.81. The van der Waals surface area contributed by atoms with Gasteiger partial charge in [-0.2, -0.15) is 0 Å². The predicted molar refractivity (Wildman–Crippen MR) is 103 cm³/mol. The van der Waals surface area contributed by atoms with Crippen molar-refractivity contribution in [2.45, 2.75) is 51.0 Å². The molecule has 0 N–H and O–H groups in total. The molecule has 1 aromatic rings. The van der Waals surface area contributed by atoms with E-state index in [1.54, 1.807) is 0 Å². The zero-order valence-corrected chi connectivity index (χ0v) is 16.2. The monoisotopic (exact) mass is 370 g/mol. The van der Waals surface area contributed by atoms with Crippen LogP contribution in [0.2, 0.25) is 0 Å². The summed E-state index contributed by atoms with van der Waals surface area (Å²) in [6.07, 6.45) is 5.33. The molecule has 1 aliphatic carbocycles. The van der Waals surface area contributed by atoms with Crippen LogP contribution in [0.15, 0.2) is 30.3 Å². The molecule has 146 valence electrons. The fraction of sp³-hybridized carbons (Fsp3) is 0.636. The van der Waals surface area contributed by atoms with Crippen LogP contribution in [-0.4, -0.2) is 60.5 Å². The first-order valence-corrected chi connectivity index (χ1v) is 10.3. The van der Waals surface area contributed by atoms with Gasteiger partial charge in [0.2, 0.25) is 5.91 Å². The van der Waals surface area contributed by atoms with Gasteiger partial charge in [0.1, 0.15) is 0 Å². The van der Waals surface area contributed by atoms with E-state index in [1.807, 2.05) is 25.1 Å². The van der Waals surface area contributed by atoms with Crippen molar-refractivity contribution in [3.8, 4) is 0 Å². The molecule has 1 aromatic carbocycles. The SMILES string of the molecule is CCOC(=O)CN1CCC2(CC1)C[C@H](c1ccccc1)C(=O)N(C1CC1)C2. The van der Waals surface area contributed by atoms with Crippen LogP contribution >= 0.6 is 0 Å². The topological polar surface area (TPSA) is 49.9 Å². The Hall–Kier alpha value is -1.88. The summed E-state index contributed by atoms with van der Waals surface area (Å²) in [6.45, 7) is 5.39. The molecule has 0 bridgehead atoms. The van der Waals surface area contributed by atoms with E-state index in [9.17, 15) is 9.59 Å². The zero-order chi connectivity index (χ0) is 18.9. The molecule has 1 atom stereocenters. The van der Waals surface area contributed by atoms with E-state index < -0.39 is 0 Å². The van der Waals surface area contributed by atoms with Crippen molar-refractivity contribution in [1.82, 2.24) is 9.80 Å². The fourth-order valence-corrected chi connectivity index (χ4v) is 4.80. The summed E-state index contributed by atoms with van der Waals surface area (Å²) in [4.78, 5) is 29.4. The van der Waals surface area contributed by atoms with Crippen molar-refractivity contribution in [3.05, 3.63) is 35.9 Å². The highest BCUT2D eigenvalue weighted by Gasteiger charge is 2.49. The minimum atomic E-state index is -0.131. The van der Waals surface area contributed by atoms with Crippen LogP contribution in [0.5, 0.6) is 0 Å². The number of hydrogen-bond acceptors (Lipinski definition) is 4. The van der Waals surface area contributed by atoms with Crippen LogP contribution in [0, 0.1) is 5.41 Å². The van der Waals surface area contributed by atoms with Gasteiger partial charge in [-0.1, -0.05) is 30.3 Å². The number of piperidine rings is 2. The number of likely N-dealkylation sites (tertiary alicyclic amines) is 2. The molecule has 5 heteroatoms. The quantitative estimate of drug-likeness (QED) is 0.748. The molecule has 27 heavy (non-hydrogen) atoms. The lowest BCUT2D eigenvalue weighted by atomic mass is 9.67. The highest BCUT2D eigenvalue weighted by molar-refractivity contribution is 5.85. The van der Waals surface area contributed by atoms with Gasteiger partial charge in [-0.15, -0.1) is 0 Å². The largest absolute Gasteiger partial charge is 0.465 e. The Kier molecular flexibility index (Phi) is 5.22. The summed E-state index contributed by atoms with van der Waals surface area (Å²) in [5.74, 6) is 0.175. The molecule has 5 nitrogen and oxygen atoms in total. The minimum absolute atomic E-state index is 0.0165. The molecule has 2 heterocycles. The molecule has 1 spiro atoms. The lowest BCUT2D eigenvalue weighted by molar-refractivity contribution is -0.146.